The molecule has 5 heteroatoms. The largest absolute Gasteiger partial charge is 0.335 e. The van der Waals surface area contributed by atoms with E-state index in [1.165, 1.54) is 6.07 Å². The third-order valence-corrected chi connectivity index (χ3v) is 6.16. The first kappa shape index (κ1) is 30.3. The molecule has 1 saturated heterocycles. The molecular formula is C30H46FN3O. The number of aliphatic imine (C=N–C) groups is 1. The maximum absolute atomic E-state index is 14.3. The van der Waals surface area contributed by atoms with Crippen molar-refractivity contribution < 1.29 is 9.18 Å². The lowest BCUT2D eigenvalue weighted by molar-refractivity contribution is -0.125. The Morgan fingerprint density at radius 3 is 2.51 bits per heavy atom. The number of amides is 1. The van der Waals surface area contributed by atoms with Gasteiger partial charge < -0.3 is 9.80 Å². The summed E-state index contributed by atoms with van der Waals surface area (Å²) in [7, 11) is 1.95. The van der Waals surface area contributed by atoms with E-state index in [9.17, 15) is 9.18 Å². The Balaban J connectivity index is 0.00000145. The summed E-state index contributed by atoms with van der Waals surface area (Å²) in [6.45, 7) is 17.1. The van der Waals surface area contributed by atoms with Crippen LogP contribution in [0.1, 0.15) is 92.1 Å². The number of allylic oxidation sites excluding steroid dienone is 3. The first-order valence-electron chi connectivity index (χ1n) is 13.4. The summed E-state index contributed by atoms with van der Waals surface area (Å²) in [5.74, 6) is 0.287. The van der Waals surface area contributed by atoms with Gasteiger partial charge in [0.25, 0.3) is 5.91 Å². The zero-order valence-corrected chi connectivity index (χ0v) is 23.0. The highest BCUT2D eigenvalue weighted by molar-refractivity contribution is 6.43. The lowest BCUT2D eigenvalue weighted by Gasteiger charge is -2.31. The molecule has 0 radical (unpaired) electrons. The van der Waals surface area contributed by atoms with Gasteiger partial charge in [0.2, 0.25) is 0 Å². The topological polar surface area (TPSA) is 35.9 Å². The quantitative estimate of drug-likeness (QED) is 0.411. The summed E-state index contributed by atoms with van der Waals surface area (Å²) in [4.78, 5) is 22.1. The second kappa shape index (κ2) is 16.1. The van der Waals surface area contributed by atoms with Gasteiger partial charge in [-0.1, -0.05) is 78.7 Å². The molecule has 35 heavy (non-hydrogen) atoms. The van der Waals surface area contributed by atoms with E-state index in [1.807, 2.05) is 50.6 Å². The summed E-state index contributed by atoms with van der Waals surface area (Å²) in [5.41, 5.74) is 2.49. The van der Waals surface area contributed by atoms with Crippen LogP contribution in [0.4, 0.5) is 4.39 Å². The van der Waals surface area contributed by atoms with E-state index in [-0.39, 0.29) is 17.8 Å². The maximum atomic E-state index is 14.3. The molecule has 2 aliphatic rings. The monoisotopic (exact) mass is 483 g/mol. The van der Waals surface area contributed by atoms with Gasteiger partial charge in [-0.2, -0.15) is 0 Å². The summed E-state index contributed by atoms with van der Waals surface area (Å²) >= 11 is 0. The number of hydrogen-bond donors (Lipinski definition) is 0. The van der Waals surface area contributed by atoms with Crippen LogP contribution < -0.4 is 0 Å². The van der Waals surface area contributed by atoms with Crippen LogP contribution in [-0.4, -0.2) is 41.1 Å². The van der Waals surface area contributed by atoms with Gasteiger partial charge in [0.15, 0.2) is 0 Å². The van der Waals surface area contributed by atoms with Crippen LogP contribution >= 0.6 is 0 Å². The van der Waals surface area contributed by atoms with Crippen molar-refractivity contribution in [2.24, 2.45) is 4.99 Å². The Kier molecular flexibility index (Phi) is 13.9. The fourth-order valence-electron chi connectivity index (χ4n) is 4.15. The highest BCUT2D eigenvalue weighted by Crippen LogP contribution is 2.27. The van der Waals surface area contributed by atoms with Crippen LogP contribution in [0.15, 0.2) is 59.5 Å². The van der Waals surface area contributed by atoms with Crippen molar-refractivity contribution in [3.8, 4) is 0 Å². The fraction of sp³-hybridized carbons (Fsp3) is 0.533. The smallest absolute Gasteiger partial charge is 0.272 e. The Morgan fingerprint density at radius 1 is 1.17 bits per heavy atom. The molecule has 4 nitrogen and oxygen atoms in total. The molecule has 0 saturated carbocycles. The van der Waals surface area contributed by atoms with E-state index < -0.39 is 0 Å². The highest BCUT2D eigenvalue weighted by Gasteiger charge is 2.28. The van der Waals surface area contributed by atoms with E-state index in [1.54, 1.807) is 24.3 Å². The Bertz CT molecular complexity index is 916. The lowest BCUT2D eigenvalue weighted by atomic mass is 10.0. The number of benzene rings is 1. The standard InChI is InChI=1S/C26H34FN3O.2C2H6/c1-5-6-13-21-18-24(26(31)30-16-11-7-8-12-20(30)3)28-25(29(21)4)17-19(2)22-14-9-10-15-23(22)27;2*1-2/h9-10,14-15,17-18,20H,2,5-8,11-13,16H2,1,3-4H3;2*1-2H3/b25-17-;;. The fourth-order valence-corrected chi connectivity index (χ4v) is 4.15. The summed E-state index contributed by atoms with van der Waals surface area (Å²) < 4.78 is 14.3. The number of halogens is 1. The molecule has 194 valence electrons. The van der Waals surface area contributed by atoms with Crippen molar-refractivity contribution in [2.75, 3.05) is 13.6 Å². The van der Waals surface area contributed by atoms with Crippen LogP contribution in [0.5, 0.6) is 0 Å². The van der Waals surface area contributed by atoms with Gasteiger partial charge in [0.05, 0.1) is 0 Å². The molecule has 2 heterocycles. The predicted molar refractivity (Wildman–Crippen MR) is 149 cm³/mol. The van der Waals surface area contributed by atoms with Gasteiger partial charge in [-0.3, -0.25) is 4.79 Å². The number of rotatable bonds is 6. The van der Waals surface area contributed by atoms with E-state index in [2.05, 4.69) is 20.4 Å². The van der Waals surface area contributed by atoms with Crippen molar-refractivity contribution in [3.05, 3.63) is 65.9 Å². The van der Waals surface area contributed by atoms with E-state index in [0.717, 1.165) is 57.2 Å². The molecule has 1 unspecified atom stereocenters. The van der Waals surface area contributed by atoms with Gasteiger partial charge in [0, 0.05) is 30.9 Å². The number of likely N-dealkylation sites (tertiary alicyclic amines) is 1. The molecule has 1 aromatic rings. The van der Waals surface area contributed by atoms with Gasteiger partial charge in [-0.05, 0) is 56.4 Å². The third-order valence-electron chi connectivity index (χ3n) is 6.16. The second-order valence-corrected chi connectivity index (χ2v) is 8.50. The molecule has 0 spiro atoms. The minimum Gasteiger partial charge on any atom is -0.335 e. The van der Waals surface area contributed by atoms with Crippen LogP contribution in [0.2, 0.25) is 0 Å². The number of hydrogen-bond acceptors (Lipinski definition) is 3. The third kappa shape index (κ3) is 8.48. The average Bonchev–Trinajstić information content (AvgIpc) is 3.10. The first-order valence-corrected chi connectivity index (χ1v) is 13.4. The summed E-state index contributed by atoms with van der Waals surface area (Å²) in [6, 6.07) is 6.80. The lowest BCUT2D eigenvalue weighted by Crippen LogP contribution is -2.43. The average molecular weight is 484 g/mol. The molecule has 1 atom stereocenters. The molecule has 1 aromatic carbocycles. The van der Waals surface area contributed by atoms with Crippen molar-refractivity contribution in [3.63, 3.8) is 0 Å². The minimum absolute atomic E-state index is 0.0149. The van der Waals surface area contributed by atoms with E-state index in [4.69, 9.17) is 4.99 Å². The van der Waals surface area contributed by atoms with Crippen LogP contribution in [0, 0.1) is 5.82 Å². The van der Waals surface area contributed by atoms with Gasteiger partial charge in [-0.25, -0.2) is 9.38 Å². The Hall–Kier alpha value is -2.69. The second-order valence-electron chi connectivity index (χ2n) is 8.50. The summed E-state index contributed by atoms with van der Waals surface area (Å²) in [6.07, 6.45) is 11.0. The van der Waals surface area contributed by atoms with Gasteiger partial charge in [-0.15, -0.1) is 0 Å². The maximum Gasteiger partial charge on any atom is 0.272 e. The van der Waals surface area contributed by atoms with Crippen LogP contribution in [-0.2, 0) is 4.79 Å². The van der Waals surface area contributed by atoms with Crippen molar-refractivity contribution in [2.45, 2.75) is 92.5 Å². The molecule has 0 bridgehead atoms. The minimum atomic E-state index is -0.316. The zero-order chi connectivity index (χ0) is 26.4. The van der Waals surface area contributed by atoms with Crippen LogP contribution in [0.3, 0.4) is 0 Å². The molecule has 0 aliphatic carbocycles. The summed E-state index contributed by atoms with van der Waals surface area (Å²) in [5, 5.41) is 0. The van der Waals surface area contributed by atoms with Gasteiger partial charge in [0.1, 0.15) is 17.3 Å². The highest BCUT2D eigenvalue weighted by atomic mass is 19.1. The number of nitrogens with zero attached hydrogens (tertiary/aromatic N) is 3. The van der Waals surface area contributed by atoms with Crippen LogP contribution in [0.25, 0.3) is 5.57 Å². The zero-order valence-electron chi connectivity index (χ0n) is 23.0. The Morgan fingerprint density at radius 2 is 1.86 bits per heavy atom. The predicted octanol–water partition coefficient (Wildman–Crippen LogP) is 7.98. The molecule has 1 fully saturated rings. The SMILES string of the molecule is C=C(/C=C1/N=C(C(=O)N2CCCCCC2C)C=C(CCCC)N1C)c1ccccc1F.CC.CC. The molecule has 0 N–H and O–H groups in total. The molecule has 0 aromatic heterocycles. The molecule has 2 aliphatic heterocycles. The van der Waals surface area contributed by atoms with E-state index >= 15 is 0 Å². The molecular weight excluding hydrogens is 437 g/mol. The van der Waals surface area contributed by atoms with Crippen molar-refractivity contribution >= 4 is 17.2 Å². The molecule has 3 rings (SSSR count). The van der Waals surface area contributed by atoms with E-state index in [0.29, 0.717) is 22.7 Å². The first-order chi connectivity index (χ1) is 16.9. The number of carbonyl (C=O) groups is 1. The molecule has 1 amide bonds. The number of unbranched alkanes of at least 4 members (excludes halogenated alkanes) is 1. The van der Waals surface area contributed by atoms with Crippen molar-refractivity contribution in [1.29, 1.82) is 0 Å². The van der Waals surface area contributed by atoms with Crippen molar-refractivity contribution in [1.82, 2.24) is 9.80 Å². The number of carbonyl (C=O) groups excluding carboxylic acids is 1. The Labute approximate surface area is 213 Å². The normalized spacial score (nSPS) is 18.9. The van der Waals surface area contributed by atoms with Gasteiger partial charge >= 0.3 is 0 Å².